The maximum Gasteiger partial charge on any atom is 0.303 e. The normalized spacial score (nSPS) is 21.2. The van der Waals surface area contributed by atoms with E-state index in [2.05, 4.69) is 26.0 Å². The topological polar surface area (TPSA) is 79.2 Å². The van der Waals surface area contributed by atoms with Crippen molar-refractivity contribution in [1.82, 2.24) is 4.90 Å². The van der Waals surface area contributed by atoms with E-state index >= 15 is 0 Å². The molecule has 0 saturated carbocycles. The largest absolute Gasteiger partial charge is 0.497 e. The van der Waals surface area contributed by atoms with Crippen LogP contribution in [0.25, 0.3) is 0 Å². The van der Waals surface area contributed by atoms with Crippen molar-refractivity contribution in [3.8, 4) is 5.75 Å². The standard InChI is InChI=1S/C24H34N2O4/c1-4-16(5-2)24(29)26-11-9-17(14-23(27)28)19(15-26)13-22-21-7-6-20(30-3)12-18(21)8-10-25-22/h6-7,12,16-17,19H,4-5,8-11,13-15H2,1-3H3,(H,27,28). The second-order valence-corrected chi connectivity index (χ2v) is 8.51. The fourth-order valence-corrected chi connectivity index (χ4v) is 4.91. The molecule has 6 nitrogen and oxygen atoms in total. The molecule has 0 spiro atoms. The molecule has 1 aromatic carbocycles. The number of methoxy groups -OCH3 is 1. The first-order valence-corrected chi connectivity index (χ1v) is 11.2. The van der Waals surface area contributed by atoms with E-state index in [-0.39, 0.29) is 30.1 Å². The van der Waals surface area contributed by atoms with Crippen molar-refractivity contribution in [1.29, 1.82) is 0 Å². The van der Waals surface area contributed by atoms with Gasteiger partial charge < -0.3 is 14.7 Å². The molecule has 2 aliphatic heterocycles. The molecule has 3 rings (SSSR count). The van der Waals surface area contributed by atoms with Crippen LogP contribution in [0.5, 0.6) is 5.75 Å². The first kappa shape index (κ1) is 22.3. The molecule has 0 aromatic heterocycles. The second-order valence-electron chi connectivity index (χ2n) is 8.51. The van der Waals surface area contributed by atoms with E-state index in [0.717, 1.165) is 49.3 Å². The van der Waals surface area contributed by atoms with Gasteiger partial charge in [0.2, 0.25) is 5.91 Å². The van der Waals surface area contributed by atoms with Gasteiger partial charge in [0, 0.05) is 37.7 Å². The summed E-state index contributed by atoms with van der Waals surface area (Å²) in [6, 6.07) is 6.09. The van der Waals surface area contributed by atoms with Gasteiger partial charge in [-0.1, -0.05) is 13.8 Å². The Morgan fingerprint density at radius 1 is 1.27 bits per heavy atom. The van der Waals surface area contributed by atoms with Crippen LogP contribution in [0.2, 0.25) is 0 Å². The molecule has 30 heavy (non-hydrogen) atoms. The Balaban J connectivity index is 1.80. The van der Waals surface area contributed by atoms with Crippen LogP contribution in [0.4, 0.5) is 0 Å². The molecule has 1 amide bonds. The average molecular weight is 415 g/mol. The summed E-state index contributed by atoms with van der Waals surface area (Å²) in [5.74, 6) is 0.537. The van der Waals surface area contributed by atoms with E-state index in [1.54, 1.807) is 7.11 Å². The molecule has 2 heterocycles. The zero-order chi connectivity index (χ0) is 21.7. The second kappa shape index (κ2) is 10.1. The van der Waals surface area contributed by atoms with Crippen LogP contribution in [0.15, 0.2) is 23.2 Å². The van der Waals surface area contributed by atoms with Gasteiger partial charge in [0.1, 0.15) is 5.75 Å². The number of carboxylic acid groups (broad SMARTS) is 1. The summed E-state index contributed by atoms with van der Waals surface area (Å²) in [5.41, 5.74) is 3.41. The molecular weight excluding hydrogens is 380 g/mol. The number of rotatable bonds is 8. The van der Waals surface area contributed by atoms with E-state index in [4.69, 9.17) is 9.73 Å². The minimum atomic E-state index is -0.763. The fourth-order valence-electron chi connectivity index (χ4n) is 4.91. The van der Waals surface area contributed by atoms with E-state index in [0.29, 0.717) is 19.5 Å². The van der Waals surface area contributed by atoms with Crippen molar-refractivity contribution in [2.75, 3.05) is 26.7 Å². The molecule has 164 valence electrons. The summed E-state index contributed by atoms with van der Waals surface area (Å²) in [6.07, 6.45) is 4.18. The highest BCUT2D eigenvalue weighted by Gasteiger charge is 2.35. The third-order valence-corrected chi connectivity index (χ3v) is 6.74. The van der Waals surface area contributed by atoms with Crippen LogP contribution in [0.3, 0.4) is 0 Å². The highest BCUT2D eigenvalue weighted by Crippen LogP contribution is 2.33. The highest BCUT2D eigenvalue weighted by atomic mass is 16.5. The van der Waals surface area contributed by atoms with Gasteiger partial charge in [0.15, 0.2) is 0 Å². The van der Waals surface area contributed by atoms with Gasteiger partial charge in [-0.2, -0.15) is 0 Å². The Morgan fingerprint density at radius 2 is 2.03 bits per heavy atom. The van der Waals surface area contributed by atoms with Crippen LogP contribution in [-0.4, -0.2) is 54.3 Å². The number of amides is 1. The summed E-state index contributed by atoms with van der Waals surface area (Å²) in [6.45, 7) is 6.13. The fraction of sp³-hybridized carbons (Fsp3) is 0.625. The molecule has 1 saturated heterocycles. The SMILES string of the molecule is CCC(CC)C(=O)N1CCC(CC(=O)O)C(CC2=NCCc3cc(OC)ccc32)C1. The number of aliphatic carboxylic acids is 1. The van der Waals surface area contributed by atoms with Crippen molar-refractivity contribution < 1.29 is 19.4 Å². The number of likely N-dealkylation sites (tertiary alicyclic amines) is 1. The van der Waals surface area contributed by atoms with Gasteiger partial charge in [-0.25, -0.2) is 0 Å². The minimum Gasteiger partial charge on any atom is -0.497 e. The molecular formula is C24H34N2O4. The van der Waals surface area contributed by atoms with Gasteiger partial charge in [0.25, 0.3) is 0 Å². The number of hydrogen-bond donors (Lipinski definition) is 1. The maximum atomic E-state index is 13.0. The summed E-state index contributed by atoms with van der Waals surface area (Å²) in [4.78, 5) is 31.2. The lowest BCUT2D eigenvalue weighted by Gasteiger charge is -2.40. The Bertz CT molecular complexity index is 800. The van der Waals surface area contributed by atoms with Gasteiger partial charge >= 0.3 is 5.97 Å². The Hall–Kier alpha value is -2.37. The number of carboxylic acids is 1. The number of carbonyl (C=O) groups excluding carboxylic acids is 1. The van der Waals surface area contributed by atoms with Gasteiger partial charge in [-0.05, 0) is 73.3 Å². The third-order valence-electron chi connectivity index (χ3n) is 6.74. The van der Waals surface area contributed by atoms with Crippen LogP contribution >= 0.6 is 0 Å². The van der Waals surface area contributed by atoms with Crippen molar-refractivity contribution in [3.63, 3.8) is 0 Å². The number of hydrogen-bond acceptors (Lipinski definition) is 4. The summed E-state index contributed by atoms with van der Waals surface area (Å²) in [5, 5.41) is 9.42. The molecule has 1 fully saturated rings. The Morgan fingerprint density at radius 3 is 2.70 bits per heavy atom. The lowest BCUT2D eigenvalue weighted by atomic mass is 9.78. The van der Waals surface area contributed by atoms with Crippen LogP contribution in [0, 0.1) is 17.8 Å². The molecule has 1 N–H and O–H groups in total. The van der Waals surface area contributed by atoms with Crippen LogP contribution in [-0.2, 0) is 16.0 Å². The monoisotopic (exact) mass is 414 g/mol. The van der Waals surface area contributed by atoms with Crippen LogP contribution in [0.1, 0.15) is 57.1 Å². The number of piperidine rings is 1. The molecule has 2 aliphatic rings. The van der Waals surface area contributed by atoms with E-state index in [1.807, 2.05) is 11.0 Å². The number of nitrogens with zero attached hydrogens (tertiary/aromatic N) is 2. The van der Waals surface area contributed by atoms with Crippen molar-refractivity contribution >= 4 is 17.6 Å². The first-order chi connectivity index (χ1) is 14.5. The summed E-state index contributed by atoms with van der Waals surface area (Å²) >= 11 is 0. The van der Waals surface area contributed by atoms with Crippen molar-refractivity contribution in [2.24, 2.45) is 22.7 Å². The maximum absolute atomic E-state index is 13.0. The van der Waals surface area contributed by atoms with Gasteiger partial charge in [0.05, 0.1) is 7.11 Å². The summed E-state index contributed by atoms with van der Waals surface area (Å²) < 4.78 is 5.36. The average Bonchev–Trinajstić information content (AvgIpc) is 2.75. The number of benzene rings is 1. The molecule has 0 radical (unpaired) electrons. The molecule has 0 aliphatic carbocycles. The van der Waals surface area contributed by atoms with E-state index in [9.17, 15) is 14.7 Å². The predicted molar refractivity (Wildman–Crippen MR) is 117 cm³/mol. The molecule has 6 heteroatoms. The van der Waals surface area contributed by atoms with Gasteiger partial charge in [-0.3, -0.25) is 14.6 Å². The zero-order valence-electron chi connectivity index (χ0n) is 18.4. The molecule has 2 atom stereocenters. The lowest BCUT2D eigenvalue weighted by Crippen LogP contribution is -2.47. The Labute approximate surface area is 179 Å². The van der Waals surface area contributed by atoms with E-state index in [1.165, 1.54) is 5.56 Å². The van der Waals surface area contributed by atoms with E-state index < -0.39 is 5.97 Å². The van der Waals surface area contributed by atoms with Gasteiger partial charge in [-0.15, -0.1) is 0 Å². The number of ether oxygens (including phenoxy) is 1. The number of aliphatic imine (C=N–C) groups is 1. The minimum absolute atomic E-state index is 0.0573. The lowest BCUT2D eigenvalue weighted by molar-refractivity contribution is -0.141. The summed E-state index contributed by atoms with van der Waals surface area (Å²) in [7, 11) is 1.67. The van der Waals surface area contributed by atoms with Crippen LogP contribution < -0.4 is 4.74 Å². The quantitative estimate of drug-likeness (QED) is 0.702. The van der Waals surface area contributed by atoms with Crippen molar-refractivity contribution in [2.45, 2.75) is 52.4 Å². The predicted octanol–water partition coefficient (Wildman–Crippen LogP) is 3.81. The molecule has 1 aromatic rings. The number of fused-ring (bicyclic) bond motifs is 1. The zero-order valence-corrected chi connectivity index (χ0v) is 18.4. The number of carbonyl (C=O) groups is 2. The molecule has 2 unspecified atom stereocenters. The Kier molecular flexibility index (Phi) is 7.51. The first-order valence-electron chi connectivity index (χ1n) is 11.2. The van der Waals surface area contributed by atoms with Crippen molar-refractivity contribution in [3.05, 3.63) is 29.3 Å². The smallest absolute Gasteiger partial charge is 0.303 e. The highest BCUT2D eigenvalue weighted by molar-refractivity contribution is 6.03. The third kappa shape index (κ3) is 5.02. The molecule has 0 bridgehead atoms.